The first-order valence-corrected chi connectivity index (χ1v) is 12.0. The maximum atomic E-state index is 12.5. The number of carbonyl (C=O) groups is 1. The van der Waals surface area contributed by atoms with Gasteiger partial charge in [-0.25, -0.2) is 4.79 Å². The van der Waals surface area contributed by atoms with Gasteiger partial charge in [0.15, 0.2) is 34.5 Å². The number of aryl methyl sites for hydroxylation is 1. The van der Waals surface area contributed by atoms with Gasteiger partial charge in [0, 0.05) is 23.9 Å². The highest BCUT2D eigenvalue weighted by Crippen LogP contribution is 2.43. The molecule has 8 nitrogen and oxygen atoms in total. The normalized spacial score (nSPS) is 17.8. The number of benzene rings is 2. The molecule has 188 valence electrons. The molecule has 0 bridgehead atoms. The second-order valence-corrected chi connectivity index (χ2v) is 9.64. The van der Waals surface area contributed by atoms with Crippen LogP contribution in [0.5, 0.6) is 23.0 Å². The Bertz CT molecular complexity index is 1390. The summed E-state index contributed by atoms with van der Waals surface area (Å²) in [4.78, 5) is 24.1. The molecule has 3 aromatic rings. The zero-order chi connectivity index (χ0) is 25.6. The van der Waals surface area contributed by atoms with Crippen LogP contribution in [0.25, 0.3) is 11.3 Å². The van der Waals surface area contributed by atoms with E-state index in [0.29, 0.717) is 36.0 Å². The lowest BCUT2D eigenvalue weighted by molar-refractivity contribution is 0.0526. The van der Waals surface area contributed by atoms with Gasteiger partial charge in [-0.15, -0.1) is 0 Å². The maximum Gasteiger partial charge on any atom is 0.341 e. The third-order valence-electron chi connectivity index (χ3n) is 6.77. The summed E-state index contributed by atoms with van der Waals surface area (Å²) < 4.78 is 25.6. The van der Waals surface area contributed by atoms with Crippen LogP contribution in [0.1, 0.15) is 41.4 Å². The number of fused-ring (bicyclic) bond motifs is 4. The molecule has 0 saturated carbocycles. The molecule has 2 atom stereocenters. The largest absolute Gasteiger partial charge is 0.493 e. The smallest absolute Gasteiger partial charge is 0.341 e. The number of pyridine rings is 1. The minimum atomic E-state index is -1.23. The van der Waals surface area contributed by atoms with Crippen molar-refractivity contribution in [1.29, 1.82) is 0 Å². The second kappa shape index (κ2) is 9.26. The first kappa shape index (κ1) is 23.8. The zero-order valence-corrected chi connectivity index (χ0v) is 20.7. The third-order valence-corrected chi connectivity index (χ3v) is 6.77. The SMILES string of the molecule is COc1cc2c(cc1OCC1COc3cc(C)ccc3O1)CC(C(C)C)n1cc(C(=O)O)c(=O)cc1-2. The predicted octanol–water partition coefficient (Wildman–Crippen LogP) is 4.50. The fourth-order valence-electron chi connectivity index (χ4n) is 4.85. The summed E-state index contributed by atoms with van der Waals surface area (Å²) in [6.07, 6.45) is 1.85. The topological polar surface area (TPSA) is 96.2 Å². The molecule has 2 unspecified atom stereocenters. The van der Waals surface area contributed by atoms with Crippen molar-refractivity contribution in [3.63, 3.8) is 0 Å². The fourth-order valence-corrected chi connectivity index (χ4v) is 4.85. The molecule has 0 spiro atoms. The summed E-state index contributed by atoms with van der Waals surface area (Å²) in [5, 5.41) is 9.47. The maximum absolute atomic E-state index is 12.5. The van der Waals surface area contributed by atoms with Gasteiger partial charge in [0.05, 0.1) is 12.8 Å². The van der Waals surface area contributed by atoms with E-state index < -0.39 is 11.4 Å². The summed E-state index contributed by atoms with van der Waals surface area (Å²) >= 11 is 0. The van der Waals surface area contributed by atoms with Crippen LogP contribution in [0.3, 0.4) is 0 Å². The average molecular weight is 492 g/mol. The molecule has 36 heavy (non-hydrogen) atoms. The van der Waals surface area contributed by atoms with E-state index in [2.05, 4.69) is 13.8 Å². The molecule has 1 aromatic heterocycles. The Labute approximate surface area is 209 Å². The first-order valence-electron chi connectivity index (χ1n) is 12.0. The van der Waals surface area contributed by atoms with Gasteiger partial charge in [-0.2, -0.15) is 0 Å². The van der Waals surface area contributed by atoms with Crippen LogP contribution in [0.4, 0.5) is 0 Å². The molecule has 2 aliphatic rings. The van der Waals surface area contributed by atoms with Gasteiger partial charge in [-0.05, 0) is 54.7 Å². The fraction of sp³-hybridized carbons (Fsp3) is 0.357. The number of carboxylic acid groups (broad SMARTS) is 1. The van der Waals surface area contributed by atoms with Gasteiger partial charge in [-0.1, -0.05) is 19.9 Å². The van der Waals surface area contributed by atoms with Crippen molar-refractivity contribution in [2.75, 3.05) is 20.3 Å². The van der Waals surface area contributed by atoms with Gasteiger partial charge in [-0.3, -0.25) is 4.79 Å². The molecule has 2 aliphatic heterocycles. The van der Waals surface area contributed by atoms with Crippen LogP contribution in [0.15, 0.2) is 47.4 Å². The number of aromatic nitrogens is 1. The minimum absolute atomic E-state index is 0.0116. The number of carboxylic acids is 1. The van der Waals surface area contributed by atoms with Crippen LogP contribution in [-0.2, 0) is 6.42 Å². The lowest BCUT2D eigenvalue weighted by atomic mass is 9.87. The van der Waals surface area contributed by atoms with Crippen LogP contribution in [0.2, 0.25) is 0 Å². The molecule has 5 rings (SSSR count). The van der Waals surface area contributed by atoms with Crippen molar-refractivity contribution in [3.05, 3.63) is 69.5 Å². The van der Waals surface area contributed by atoms with Crippen molar-refractivity contribution in [3.8, 4) is 34.3 Å². The Morgan fingerprint density at radius 1 is 1.17 bits per heavy atom. The van der Waals surface area contributed by atoms with Gasteiger partial charge < -0.3 is 28.6 Å². The molecular formula is C28H29NO7. The summed E-state index contributed by atoms with van der Waals surface area (Å²) in [6, 6.07) is 11.0. The van der Waals surface area contributed by atoms with Gasteiger partial charge >= 0.3 is 5.97 Å². The van der Waals surface area contributed by atoms with Crippen LogP contribution in [0, 0.1) is 12.8 Å². The van der Waals surface area contributed by atoms with Crippen LogP contribution < -0.4 is 24.4 Å². The standard InChI is InChI=1S/C28H29NO7/c1-15(2)21-8-17-9-27(35-14-18-13-34-26-7-16(3)5-6-24(26)36-18)25(33-4)10-19(17)22-11-23(30)20(28(31)32)12-29(21)22/h5-7,9-12,15,18,21H,8,13-14H2,1-4H3,(H,31,32). The van der Waals surface area contributed by atoms with E-state index in [9.17, 15) is 14.7 Å². The zero-order valence-electron chi connectivity index (χ0n) is 20.7. The number of rotatable bonds is 6. The molecule has 0 radical (unpaired) electrons. The Morgan fingerprint density at radius 2 is 1.97 bits per heavy atom. The highest BCUT2D eigenvalue weighted by atomic mass is 16.6. The number of nitrogens with zero attached hydrogens (tertiary/aromatic N) is 1. The molecule has 2 aromatic carbocycles. The third kappa shape index (κ3) is 4.27. The number of hydrogen-bond acceptors (Lipinski definition) is 6. The first-order chi connectivity index (χ1) is 17.2. The molecule has 3 heterocycles. The summed E-state index contributed by atoms with van der Waals surface area (Å²) in [5.41, 5.74) is 2.86. The van der Waals surface area contributed by atoms with E-state index in [4.69, 9.17) is 18.9 Å². The van der Waals surface area contributed by atoms with Crippen LogP contribution in [-0.4, -0.2) is 42.1 Å². The monoisotopic (exact) mass is 491 g/mol. The number of aromatic carboxylic acids is 1. The van der Waals surface area contributed by atoms with E-state index in [-0.39, 0.29) is 30.2 Å². The average Bonchev–Trinajstić information content (AvgIpc) is 2.85. The number of methoxy groups -OCH3 is 1. The Hall–Kier alpha value is -3.94. The van der Waals surface area contributed by atoms with Crippen molar-refractivity contribution in [2.24, 2.45) is 5.92 Å². The van der Waals surface area contributed by atoms with Crippen LogP contribution >= 0.6 is 0 Å². The lowest BCUT2D eigenvalue weighted by Crippen LogP contribution is -2.34. The Balaban J connectivity index is 1.45. The molecule has 0 amide bonds. The molecule has 0 aliphatic carbocycles. The van der Waals surface area contributed by atoms with Crippen molar-refractivity contribution in [2.45, 2.75) is 39.3 Å². The van der Waals surface area contributed by atoms with Gasteiger partial charge in [0.2, 0.25) is 0 Å². The number of ether oxygens (including phenoxy) is 4. The Kier molecular flexibility index (Phi) is 6.12. The minimum Gasteiger partial charge on any atom is -0.493 e. The lowest BCUT2D eigenvalue weighted by Gasteiger charge is -2.34. The Morgan fingerprint density at radius 3 is 2.69 bits per heavy atom. The highest BCUT2D eigenvalue weighted by Gasteiger charge is 2.30. The molecule has 1 N–H and O–H groups in total. The molecule has 8 heteroatoms. The molecule has 0 saturated heterocycles. The van der Waals surface area contributed by atoms with E-state index in [1.807, 2.05) is 41.8 Å². The van der Waals surface area contributed by atoms with E-state index in [1.165, 1.54) is 12.3 Å². The van der Waals surface area contributed by atoms with Gasteiger partial charge in [0.1, 0.15) is 18.8 Å². The van der Waals surface area contributed by atoms with Gasteiger partial charge in [0.25, 0.3) is 0 Å². The molecular weight excluding hydrogens is 462 g/mol. The summed E-state index contributed by atoms with van der Waals surface area (Å²) in [5.74, 6) is 1.51. The van der Waals surface area contributed by atoms with E-state index in [0.717, 1.165) is 22.4 Å². The highest BCUT2D eigenvalue weighted by molar-refractivity contribution is 5.88. The molecule has 0 fully saturated rings. The summed E-state index contributed by atoms with van der Waals surface area (Å²) in [6.45, 7) is 6.82. The summed E-state index contributed by atoms with van der Waals surface area (Å²) in [7, 11) is 1.56. The van der Waals surface area contributed by atoms with Crippen molar-refractivity contribution >= 4 is 5.97 Å². The number of hydrogen-bond donors (Lipinski definition) is 1. The van der Waals surface area contributed by atoms with Crippen molar-refractivity contribution < 1.29 is 28.8 Å². The quantitative estimate of drug-likeness (QED) is 0.542. The van der Waals surface area contributed by atoms with Crippen molar-refractivity contribution in [1.82, 2.24) is 4.57 Å². The van der Waals surface area contributed by atoms with E-state index >= 15 is 0 Å². The predicted molar refractivity (Wildman–Crippen MR) is 134 cm³/mol. The van der Waals surface area contributed by atoms with E-state index in [1.54, 1.807) is 7.11 Å². The second-order valence-electron chi connectivity index (χ2n) is 9.64.